The van der Waals surface area contributed by atoms with Gasteiger partial charge >= 0.3 is 0 Å². The molecule has 0 bridgehead atoms. The zero-order valence-electron chi connectivity index (χ0n) is 15.9. The lowest BCUT2D eigenvalue weighted by Gasteiger charge is -2.15. The lowest BCUT2D eigenvalue weighted by molar-refractivity contribution is -0.120. The number of Topliss-reactive ketones (excluding diaryl/α,β-unsaturated/α-hetero) is 1. The van der Waals surface area contributed by atoms with Gasteiger partial charge in [-0.25, -0.2) is 0 Å². The van der Waals surface area contributed by atoms with Crippen molar-refractivity contribution in [1.82, 2.24) is 4.98 Å². The summed E-state index contributed by atoms with van der Waals surface area (Å²) in [6.45, 7) is 0.181. The van der Waals surface area contributed by atoms with Crippen molar-refractivity contribution in [3.8, 4) is 22.8 Å². The number of ether oxygens (including phenoxy) is 2. The van der Waals surface area contributed by atoms with Crippen LogP contribution in [0.15, 0.2) is 60.7 Å². The zero-order valence-corrected chi connectivity index (χ0v) is 15.9. The van der Waals surface area contributed by atoms with E-state index in [1.165, 1.54) is 0 Å². The van der Waals surface area contributed by atoms with Crippen molar-refractivity contribution in [2.24, 2.45) is 0 Å². The smallest absolute Gasteiger partial charge is 0.231 e. The zero-order chi connectivity index (χ0) is 19.8. The molecule has 146 valence electrons. The fourth-order valence-electron chi connectivity index (χ4n) is 4.02. The fraction of sp³-hybridized carbons (Fsp3) is 0.250. The van der Waals surface area contributed by atoms with E-state index in [1.54, 1.807) is 0 Å². The van der Waals surface area contributed by atoms with Crippen molar-refractivity contribution < 1.29 is 19.4 Å². The summed E-state index contributed by atoms with van der Waals surface area (Å²) in [6.07, 6.45) is 1.97. The van der Waals surface area contributed by atoms with E-state index < -0.39 is 5.41 Å². The summed E-state index contributed by atoms with van der Waals surface area (Å²) < 4.78 is 10.9. The van der Waals surface area contributed by atoms with Crippen LogP contribution < -0.4 is 9.47 Å². The van der Waals surface area contributed by atoms with Crippen molar-refractivity contribution >= 4 is 5.78 Å². The van der Waals surface area contributed by atoms with Gasteiger partial charge in [-0.15, -0.1) is 0 Å². The molecule has 5 rings (SSSR count). The Hall–Kier alpha value is -3.18. The number of fused-ring (bicyclic) bond motifs is 1. The van der Waals surface area contributed by atoms with Crippen LogP contribution >= 0.6 is 0 Å². The molecule has 29 heavy (non-hydrogen) atoms. The number of hydrogen-bond acceptors (Lipinski definition) is 5. The van der Waals surface area contributed by atoms with Gasteiger partial charge in [0.2, 0.25) is 6.79 Å². The van der Waals surface area contributed by atoms with Gasteiger partial charge in [-0.3, -0.25) is 9.78 Å². The quantitative estimate of drug-likeness (QED) is 0.697. The molecule has 0 saturated heterocycles. The molecule has 2 heterocycles. The second-order valence-corrected chi connectivity index (χ2v) is 7.58. The number of nitrogens with zero attached hydrogens (tertiary/aromatic N) is 1. The minimum absolute atomic E-state index is 0.0474. The molecule has 0 spiro atoms. The third-order valence-electron chi connectivity index (χ3n) is 5.82. The second kappa shape index (κ2) is 7.01. The van der Waals surface area contributed by atoms with E-state index in [0.717, 1.165) is 46.7 Å². The normalized spacial score (nSPS) is 15.9. The minimum Gasteiger partial charge on any atom is -0.454 e. The van der Waals surface area contributed by atoms with Gasteiger partial charge in [0.1, 0.15) is 5.78 Å². The van der Waals surface area contributed by atoms with E-state index >= 15 is 0 Å². The first-order valence-electron chi connectivity index (χ1n) is 9.78. The Morgan fingerprint density at radius 2 is 1.83 bits per heavy atom. The van der Waals surface area contributed by atoms with Crippen LogP contribution in [-0.2, 0) is 23.2 Å². The maximum atomic E-state index is 13.2. The first kappa shape index (κ1) is 17.9. The first-order chi connectivity index (χ1) is 14.2. The van der Waals surface area contributed by atoms with Crippen molar-refractivity contribution in [3.63, 3.8) is 0 Å². The van der Waals surface area contributed by atoms with Gasteiger partial charge in [-0.2, -0.15) is 0 Å². The molecule has 3 aromatic rings. The number of pyridine rings is 1. The Morgan fingerprint density at radius 1 is 1.00 bits per heavy atom. The molecular formula is C24H21NO4. The SMILES string of the molecule is O=C(Cc1cccc(-c2ccccc2CO)n1)C1(c2ccc3c(c2)OCO3)CC1. The number of rotatable bonds is 6. The van der Waals surface area contributed by atoms with Gasteiger partial charge in [0.25, 0.3) is 0 Å². The number of aliphatic hydroxyl groups excluding tert-OH is 1. The van der Waals surface area contributed by atoms with Crippen LogP contribution in [0.2, 0.25) is 0 Å². The highest BCUT2D eigenvalue weighted by atomic mass is 16.7. The van der Waals surface area contributed by atoms with Crippen molar-refractivity contribution in [1.29, 1.82) is 0 Å². The molecule has 1 saturated carbocycles. The predicted molar refractivity (Wildman–Crippen MR) is 108 cm³/mol. The Kier molecular flexibility index (Phi) is 4.32. The molecule has 1 N–H and O–H groups in total. The van der Waals surface area contributed by atoms with E-state index in [1.807, 2.05) is 60.7 Å². The summed E-state index contributed by atoms with van der Waals surface area (Å²) in [5, 5.41) is 9.60. The van der Waals surface area contributed by atoms with E-state index in [0.29, 0.717) is 5.75 Å². The third kappa shape index (κ3) is 3.17. The van der Waals surface area contributed by atoms with Crippen LogP contribution in [0.5, 0.6) is 11.5 Å². The van der Waals surface area contributed by atoms with Crippen LogP contribution in [0, 0.1) is 0 Å². The molecule has 5 heteroatoms. The summed E-state index contributed by atoms with van der Waals surface area (Å²) in [5.74, 6) is 1.62. The number of benzene rings is 2. The summed E-state index contributed by atoms with van der Waals surface area (Å²) in [7, 11) is 0. The number of hydrogen-bond donors (Lipinski definition) is 1. The lowest BCUT2D eigenvalue weighted by atomic mass is 9.88. The molecule has 0 unspecified atom stereocenters. The Morgan fingerprint density at radius 3 is 2.66 bits per heavy atom. The molecule has 2 aliphatic rings. The standard InChI is InChI=1S/C24H21NO4/c26-14-16-4-1-2-6-19(16)20-7-3-5-18(25-20)13-23(27)24(10-11-24)17-8-9-21-22(12-17)29-15-28-21/h1-9,12,26H,10-11,13-15H2. The average molecular weight is 387 g/mol. The number of aromatic nitrogens is 1. The van der Waals surface area contributed by atoms with Crippen LogP contribution in [0.25, 0.3) is 11.3 Å². The van der Waals surface area contributed by atoms with E-state index in [4.69, 9.17) is 14.5 Å². The second-order valence-electron chi connectivity index (χ2n) is 7.58. The predicted octanol–water partition coefficient (Wildman–Crippen LogP) is 3.81. The maximum Gasteiger partial charge on any atom is 0.231 e. The average Bonchev–Trinajstić information content (AvgIpc) is 3.45. The molecular weight excluding hydrogens is 366 g/mol. The number of ketones is 1. The molecule has 0 amide bonds. The van der Waals surface area contributed by atoms with Gasteiger partial charge < -0.3 is 14.6 Å². The summed E-state index contributed by atoms with van der Waals surface area (Å²) in [5.41, 5.74) is 3.78. The minimum atomic E-state index is -0.443. The van der Waals surface area contributed by atoms with Crippen molar-refractivity contribution in [2.45, 2.75) is 31.3 Å². The summed E-state index contributed by atoms with van der Waals surface area (Å²) in [6, 6.07) is 19.1. The number of aliphatic hydroxyl groups is 1. The molecule has 1 fully saturated rings. The molecule has 1 aromatic heterocycles. The van der Waals surface area contributed by atoms with E-state index in [-0.39, 0.29) is 25.6 Å². The maximum absolute atomic E-state index is 13.2. The Bertz CT molecular complexity index is 1090. The van der Waals surface area contributed by atoms with Gasteiger partial charge in [0.15, 0.2) is 11.5 Å². The fourth-order valence-corrected chi connectivity index (χ4v) is 4.02. The molecule has 2 aromatic carbocycles. The van der Waals surface area contributed by atoms with Crippen LogP contribution in [0.4, 0.5) is 0 Å². The van der Waals surface area contributed by atoms with Crippen LogP contribution in [-0.4, -0.2) is 22.7 Å². The van der Waals surface area contributed by atoms with Crippen molar-refractivity contribution in [3.05, 3.63) is 77.5 Å². The Labute approximate surface area is 168 Å². The van der Waals surface area contributed by atoms with Gasteiger partial charge in [0.05, 0.1) is 17.7 Å². The largest absolute Gasteiger partial charge is 0.454 e. The highest BCUT2D eigenvalue weighted by molar-refractivity contribution is 5.94. The van der Waals surface area contributed by atoms with Crippen LogP contribution in [0.3, 0.4) is 0 Å². The monoisotopic (exact) mass is 387 g/mol. The lowest BCUT2D eigenvalue weighted by Crippen LogP contribution is -2.23. The van der Waals surface area contributed by atoms with Gasteiger partial charge in [0, 0.05) is 17.7 Å². The summed E-state index contributed by atoms with van der Waals surface area (Å²) in [4.78, 5) is 17.9. The molecule has 0 atom stereocenters. The first-order valence-corrected chi connectivity index (χ1v) is 9.78. The highest BCUT2D eigenvalue weighted by Crippen LogP contribution is 2.51. The van der Waals surface area contributed by atoms with Gasteiger partial charge in [-0.05, 0) is 48.2 Å². The van der Waals surface area contributed by atoms with Crippen LogP contribution in [0.1, 0.15) is 29.7 Å². The molecule has 1 aliphatic carbocycles. The number of carbonyl (C=O) groups is 1. The third-order valence-corrected chi connectivity index (χ3v) is 5.82. The molecule has 1 aliphatic heterocycles. The molecule has 0 radical (unpaired) electrons. The van der Waals surface area contributed by atoms with Gasteiger partial charge in [-0.1, -0.05) is 36.4 Å². The summed E-state index contributed by atoms with van der Waals surface area (Å²) >= 11 is 0. The van der Waals surface area contributed by atoms with E-state index in [2.05, 4.69) is 0 Å². The van der Waals surface area contributed by atoms with E-state index in [9.17, 15) is 9.90 Å². The Balaban J connectivity index is 1.40. The van der Waals surface area contributed by atoms with Crippen molar-refractivity contribution in [2.75, 3.05) is 6.79 Å². The highest BCUT2D eigenvalue weighted by Gasteiger charge is 2.50. The molecule has 5 nitrogen and oxygen atoms in total. The topological polar surface area (TPSA) is 68.7 Å². The number of carbonyl (C=O) groups excluding carboxylic acids is 1.